The van der Waals surface area contributed by atoms with Crippen molar-refractivity contribution in [2.75, 3.05) is 5.73 Å². The van der Waals surface area contributed by atoms with Gasteiger partial charge in [0.2, 0.25) is 11.8 Å². The molecule has 3 amide bonds. The average Bonchev–Trinajstić information content (AvgIpc) is 2.90. The molecule has 144 valence electrons. The predicted octanol–water partition coefficient (Wildman–Crippen LogP) is 2.27. The summed E-state index contributed by atoms with van der Waals surface area (Å²) >= 11 is 0. The number of nitrogens with one attached hydrogen (secondary N) is 1. The normalized spacial score (nSPS) is 21.7. The number of imide groups is 1. The number of pyridine rings is 1. The summed E-state index contributed by atoms with van der Waals surface area (Å²) in [7, 11) is 0. The summed E-state index contributed by atoms with van der Waals surface area (Å²) in [6.07, 6.45) is 0.581. The summed E-state index contributed by atoms with van der Waals surface area (Å²) in [5, 5.41) is 2.33. The highest BCUT2D eigenvalue weighted by Crippen LogP contribution is 2.38. The van der Waals surface area contributed by atoms with Gasteiger partial charge in [-0.3, -0.25) is 19.7 Å². The van der Waals surface area contributed by atoms with Crippen LogP contribution in [0.1, 0.15) is 52.9 Å². The molecule has 2 atom stereocenters. The van der Waals surface area contributed by atoms with Gasteiger partial charge in [-0.1, -0.05) is 6.07 Å². The van der Waals surface area contributed by atoms with Crippen molar-refractivity contribution < 1.29 is 14.4 Å². The Hall–Kier alpha value is -3.22. The first-order valence-electron chi connectivity index (χ1n) is 9.32. The van der Waals surface area contributed by atoms with Crippen LogP contribution in [0.15, 0.2) is 24.3 Å². The van der Waals surface area contributed by atoms with Gasteiger partial charge >= 0.3 is 0 Å². The van der Waals surface area contributed by atoms with Crippen molar-refractivity contribution in [2.24, 2.45) is 0 Å². The van der Waals surface area contributed by atoms with Crippen LogP contribution in [0.2, 0.25) is 0 Å². The van der Waals surface area contributed by atoms with Gasteiger partial charge in [-0.05, 0) is 62.1 Å². The molecule has 1 fully saturated rings. The minimum atomic E-state index is -0.633. The number of nitrogens with two attached hydrogens (primary N) is 1. The van der Waals surface area contributed by atoms with E-state index in [1.54, 1.807) is 11.0 Å². The molecular formula is C21H22N4O3. The molecule has 2 aliphatic rings. The Bertz CT molecular complexity index is 1010. The Labute approximate surface area is 162 Å². The molecule has 7 nitrogen and oxygen atoms in total. The van der Waals surface area contributed by atoms with Crippen molar-refractivity contribution in [2.45, 2.75) is 45.7 Å². The van der Waals surface area contributed by atoms with Crippen LogP contribution < -0.4 is 11.1 Å². The maximum atomic E-state index is 13.0. The van der Waals surface area contributed by atoms with E-state index >= 15 is 0 Å². The van der Waals surface area contributed by atoms with Gasteiger partial charge in [0.1, 0.15) is 11.9 Å². The first kappa shape index (κ1) is 18.2. The summed E-state index contributed by atoms with van der Waals surface area (Å²) in [5.74, 6) is -0.396. The third-order valence-corrected chi connectivity index (χ3v) is 5.80. The summed E-state index contributed by atoms with van der Waals surface area (Å²) in [6, 6.07) is 6.66. The second-order valence-electron chi connectivity index (χ2n) is 7.49. The lowest BCUT2D eigenvalue weighted by Crippen LogP contribution is -2.53. The molecule has 7 heteroatoms. The van der Waals surface area contributed by atoms with Gasteiger partial charge in [0.15, 0.2) is 0 Å². The molecule has 1 saturated heterocycles. The Morgan fingerprint density at radius 1 is 1.18 bits per heavy atom. The summed E-state index contributed by atoms with van der Waals surface area (Å²) < 4.78 is 0. The molecule has 2 aromatic rings. The van der Waals surface area contributed by atoms with Gasteiger partial charge in [0, 0.05) is 17.5 Å². The topological polar surface area (TPSA) is 105 Å². The minimum Gasteiger partial charge on any atom is -0.383 e. The molecule has 3 N–H and O–H groups in total. The van der Waals surface area contributed by atoms with Crippen LogP contribution in [0.4, 0.5) is 5.82 Å². The molecule has 0 aliphatic carbocycles. The van der Waals surface area contributed by atoms with E-state index < -0.39 is 11.9 Å². The van der Waals surface area contributed by atoms with E-state index in [-0.39, 0.29) is 24.3 Å². The molecule has 1 aromatic carbocycles. The van der Waals surface area contributed by atoms with Gasteiger partial charge in [-0.15, -0.1) is 0 Å². The number of nitrogen functional groups attached to an aromatic ring is 1. The number of fused-ring (bicyclic) bond motifs is 1. The largest absolute Gasteiger partial charge is 0.383 e. The molecule has 0 saturated carbocycles. The van der Waals surface area contributed by atoms with Crippen molar-refractivity contribution in [3.05, 3.63) is 46.5 Å². The molecule has 4 rings (SSSR count). The number of anilines is 1. The fourth-order valence-electron chi connectivity index (χ4n) is 4.00. The van der Waals surface area contributed by atoms with Crippen molar-refractivity contribution in [1.29, 1.82) is 0 Å². The number of rotatable bonds is 2. The van der Waals surface area contributed by atoms with E-state index in [1.807, 2.05) is 39.0 Å². The number of hydrogen-bond donors (Lipinski definition) is 2. The number of piperidine rings is 1. The first-order chi connectivity index (χ1) is 13.3. The summed E-state index contributed by atoms with van der Waals surface area (Å²) in [6.45, 7) is 5.82. The molecule has 2 aliphatic heterocycles. The number of carbonyl (C=O) groups is 3. The number of nitrogens with zero attached hydrogens (tertiary/aromatic N) is 2. The molecule has 0 bridgehead atoms. The van der Waals surface area contributed by atoms with Crippen LogP contribution >= 0.6 is 0 Å². The van der Waals surface area contributed by atoms with Crippen LogP contribution in [0.25, 0.3) is 11.3 Å². The van der Waals surface area contributed by atoms with Gasteiger partial charge in [-0.2, -0.15) is 0 Å². The van der Waals surface area contributed by atoms with Gasteiger partial charge < -0.3 is 10.6 Å². The van der Waals surface area contributed by atoms with Gasteiger partial charge in [0.05, 0.1) is 11.7 Å². The number of aryl methyl sites for hydroxylation is 1. The van der Waals surface area contributed by atoms with E-state index in [4.69, 9.17) is 5.73 Å². The third-order valence-electron chi connectivity index (χ3n) is 5.80. The number of benzene rings is 1. The highest BCUT2D eigenvalue weighted by atomic mass is 16.2. The van der Waals surface area contributed by atoms with Crippen molar-refractivity contribution in [3.63, 3.8) is 0 Å². The molecule has 28 heavy (non-hydrogen) atoms. The lowest BCUT2D eigenvalue weighted by Gasteiger charge is -2.32. The molecular weight excluding hydrogens is 356 g/mol. The standard InChI is InChI=1S/C21H22N4O3/c1-10-8-16(23-19(22)11(10)2)13-4-5-14-15(9-13)12(3)25(21(14)28)17-6-7-18(26)24-20(17)27/h4-5,8-9,12,17H,6-7H2,1-3H3,(H2,22,23)(H,24,26,27)/t12-,17?/m1/s1. The zero-order chi connectivity index (χ0) is 20.2. The maximum absolute atomic E-state index is 13.0. The fourth-order valence-corrected chi connectivity index (χ4v) is 4.00. The van der Waals surface area contributed by atoms with Gasteiger partial charge in [0.25, 0.3) is 5.91 Å². The van der Waals surface area contributed by atoms with E-state index in [2.05, 4.69) is 10.3 Å². The highest BCUT2D eigenvalue weighted by Gasteiger charge is 2.43. The number of amides is 3. The van der Waals surface area contributed by atoms with Crippen LogP contribution in [0, 0.1) is 13.8 Å². The van der Waals surface area contributed by atoms with E-state index in [9.17, 15) is 14.4 Å². The monoisotopic (exact) mass is 378 g/mol. The summed E-state index contributed by atoms with van der Waals surface area (Å²) in [4.78, 5) is 42.7. The molecule has 1 unspecified atom stereocenters. The predicted molar refractivity (Wildman–Crippen MR) is 104 cm³/mol. The summed E-state index contributed by atoms with van der Waals surface area (Å²) in [5.41, 5.74) is 11.1. The van der Waals surface area contributed by atoms with Crippen LogP contribution in [-0.4, -0.2) is 33.6 Å². The quantitative estimate of drug-likeness (QED) is 0.780. The molecule has 0 spiro atoms. The van der Waals surface area contributed by atoms with Crippen LogP contribution in [0.5, 0.6) is 0 Å². The van der Waals surface area contributed by atoms with E-state index in [1.165, 1.54) is 0 Å². The fraction of sp³-hybridized carbons (Fsp3) is 0.333. The van der Waals surface area contributed by atoms with Crippen LogP contribution in [-0.2, 0) is 9.59 Å². The highest BCUT2D eigenvalue weighted by molar-refractivity contribution is 6.06. The number of aromatic nitrogens is 1. The maximum Gasteiger partial charge on any atom is 0.255 e. The third kappa shape index (κ3) is 2.74. The van der Waals surface area contributed by atoms with E-state index in [0.717, 1.165) is 27.9 Å². The van der Waals surface area contributed by atoms with Crippen molar-refractivity contribution in [3.8, 4) is 11.3 Å². The smallest absolute Gasteiger partial charge is 0.255 e. The van der Waals surface area contributed by atoms with Crippen molar-refractivity contribution >= 4 is 23.5 Å². The lowest BCUT2D eigenvalue weighted by molar-refractivity contribution is -0.137. The number of carbonyl (C=O) groups excluding carboxylic acids is 3. The second kappa shape index (κ2) is 6.44. The number of hydrogen-bond acceptors (Lipinski definition) is 5. The molecule has 1 aromatic heterocycles. The average molecular weight is 378 g/mol. The first-order valence-corrected chi connectivity index (χ1v) is 9.32. The van der Waals surface area contributed by atoms with Crippen LogP contribution in [0.3, 0.4) is 0 Å². The molecule has 0 radical (unpaired) electrons. The van der Waals surface area contributed by atoms with Crippen molar-refractivity contribution in [1.82, 2.24) is 15.2 Å². The zero-order valence-corrected chi connectivity index (χ0v) is 16.1. The minimum absolute atomic E-state index is 0.184. The second-order valence-corrected chi connectivity index (χ2v) is 7.49. The Kier molecular flexibility index (Phi) is 4.18. The Balaban J connectivity index is 1.71. The molecule has 3 heterocycles. The Morgan fingerprint density at radius 3 is 2.61 bits per heavy atom. The zero-order valence-electron chi connectivity index (χ0n) is 16.1. The Morgan fingerprint density at radius 2 is 1.93 bits per heavy atom. The van der Waals surface area contributed by atoms with E-state index in [0.29, 0.717) is 17.8 Å². The van der Waals surface area contributed by atoms with Gasteiger partial charge in [-0.25, -0.2) is 4.98 Å². The lowest BCUT2D eigenvalue weighted by atomic mass is 9.98. The SMILES string of the molecule is Cc1cc(-c2ccc3c(c2)[C@@H](C)N(C2CCC(=O)NC2=O)C3=O)nc(N)c1C.